The molecule has 108 valence electrons. The minimum Gasteiger partial charge on any atom is -0.497 e. The maximum atomic E-state index is 12.6. The molecule has 0 saturated carbocycles. The zero-order valence-electron chi connectivity index (χ0n) is 11.8. The monoisotopic (exact) mass is 277 g/mol. The van der Waals surface area contributed by atoms with Crippen molar-refractivity contribution >= 4 is 11.9 Å². The lowest BCUT2D eigenvalue weighted by atomic mass is 10.0. The van der Waals surface area contributed by atoms with E-state index in [1.165, 1.54) is 7.11 Å². The minimum absolute atomic E-state index is 0.154. The van der Waals surface area contributed by atoms with E-state index in [9.17, 15) is 9.59 Å². The highest BCUT2D eigenvalue weighted by molar-refractivity contribution is 5.97. The fraction of sp³-hybridized carbons (Fsp3) is 0.467. The van der Waals surface area contributed by atoms with Crippen LogP contribution in [0.25, 0.3) is 0 Å². The molecule has 1 atom stereocenters. The van der Waals surface area contributed by atoms with Gasteiger partial charge in [-0.05, 0) is 37.5 Å². The zero-order chi connectivity index (χ0) is 14.5. The molecule has 1 aromatic carbocycles. The van der Waals surface area contributed by atoms with E-state index in [0.717, 1.165) is 12.8 Å². The summed E-state index contributed by atoms with van der Waals surface area (Å²) in [6.07, 6.45) is 2.49. The SMILES string of the molecule is COC(=O)C1CCCCN1C(=O)c1cccc(OC)c1. The van der Waals surface area contributed by atoms with Crippen LogP contribution in [0.3, 0.4) is 0 Å². The second kappa shape index (κ2) is 6.41. The number of likely N-dealkylation sites (tertiary alicyclic amines) is 1. The third-order valence-electron chi connectivity index (χ3n) is 3.55. The van der Waals surface area contributed by atoms with Gasteiger partial charge in [0.1, 0.15) is 11.8 Å². The molecule has 0 aliphatic carbocycles. The molecule has 1 fully saturated rings. The number of esters is 1. The van der Waals surface area contributed by atoms with Crippen LogP contribution in [0.5, 0.6) is 5.75 Å². The number of ether oxygens (including phenoxy) is 2. The van der Waals surface area contributed by atoms with E-state index in [-0.39, 0.29) is 11.9 Å². The Balaban J connectivity index is 2.22. The molecule has 1 aromatic rings. The number of nitrogens with zero attached hydrogens (tertiary/aromatic N) is 1. The third kappa shape index (κ3) is 2.92. The number of piperidine rings is 1. The molecule has 1 saturated heterocycles. The van der Waals surface area contributed by atoms with Crippen LogP contribution < -0.4 is 4.74 Å². The first-order valence-electron chi connectivity index (χ1n) is 6.70. The van der Waals surface area contributed by atoms with E-state index < -0.39 is 6.04 Å². The van der Waals surface area contributed by atoms with Gasteiger partial charge in [0.2, 0.25) is 0 Å². The lowest BCUT2D eigenvalue weighted by molar-refractivity contribution is -0.147. The fourth-order valence-corrected chi connectivity index (χ4v) is 2.48. The molecule has 2 rings (SSSR count). The average Bonchev–Trinajstić information content (AvgIpc) is 2.53. The molecule has 0 spiro atoms. The predicted octanol–water partition coefficient (Wildman–Crippen LogP) is 1.86. The molecule has 1 aliphatic heterocycles. The second-order valence-electron chi connectivity index (χ2n) is 4.77. The molecule has 5 heteroatoms. The number of hydrogen-bond acceptors (Lipinski definition) is 4. The van der Waals surface area contributed by atoms with Crippen molar-refractivity contribution in [3.63, 3.8) is 0 Å². The van der Waals surface area contributed by atoms with Gasteiger partial charge in [-0.25, -0.2) is 4.79 Å². The van der Waals surface area contributed by atoms with Crippen molar-refractivity contribution in [2.75, 3.05) is 20.8 Å². The summed E-state index contributed by atoms with van der Waals surface area (Å²) < 4.78 is 9.92. The Hall–Kier alpha value is -2.04. The van der Waals surface area contributed by atoms with Crippen molar-refractivity contribution in [1.82, 2.24) is 4.90 Å². The standard InChI is InChI=1S/C15H19NO4/c1-19-12-7-5-6-11(10-12)14(17)16-9-4-3-8-13(16)15(18)20-2/h5-7,10,13H,3-4,8-9H2,1-2H3. The van der Waals surface area contributed by atoms with Gasteiger partial charge in [0, 0.05) is 12.1 Å². The topological polar surface area (TPSA) is 55.8 Å². The fourth-order valence-electron chi connectivity index (χ4n) is 2.48. The zero-order valence-corrected chi connectivity index (χ0v) is 11.8. The molecule has 1 unspecified atom stereocenters. The molecule has 20 heavy (non-hydrogen) atoms. The van der Waals surface area contributed by atoms with E-state index in [1.807, 2.05) is 0 Å². The van der Waals surface area contributed by atoms with Crippen molar-refractivity contribution in [2.24, 2.45) is 0 Å². The number of carbonyl (C=O) groups excluding carboxylic acids is 2. The molecule has 1 aliphatic rings. The van der Waals surface area contributed by atoms with Crippen molar-refractivity contribution in [2.45, 2.75) is 25.3 Å². The summed E-state index contributed by atoms with van der Waals surface area (Å²) in [5.41, 5.74) is 0.528. The van der Waals surface area contributed by atoms with Gasteiger partial charge in [-0.2, -0.15) is 0 Å². The van der Waals surface area contributed by atoms with Crippen LogP contribution >= 0.6 is 0 Å². The van der Waals surface area contributed by atoms with Gasteiger partial charge in [0.05, 0.1) is 14.2 Å². The normalized spacial score (nSPS) is 18.5. The number of amides is 1. The summed E-state index contributed by atoms with van der Waals surface area (Å²) in [5, 5.41) is 0. The third-order valence-corrected chi connectivity index (χ3v) is 3.55. The first-order chi connectivity index (χ1) is 9.67. The Morgan fingerprint density at radius 2 is 2.05 bits per heavy atom. The number of carbonyl (C=O) groups is 2. The molecule has 0 aromatic heterocycles. The Morgan fingerprint density at radius 1 is 1.25 bits per heavy atom. The quantitative estimate of drug-likeness (QED) is 0.791. The first kappa shape index (κ1) is 14.4. The highest BCUT2D eigenvalue weighted by atomic mass is 16.5. The molecular formula is C15H19NO4. The van der Waals surface area contributed by atoms with Crippen LogP contribution in [0, 0.1) is 0 Å². The molecule has 5 nitrogen and oxygen atoms in total. The number of rotatable bonds is 3. The second-order valence-corrected chi connectivity index (χ2v) is 4.77. The van der Waals surface area contributed by atoms with Crippen LogP contribution in [-0.4, -0.2) is 43.6 Å². The molecule has 1 amide bonds. The minimum atomic E-state index is -0.479. The number of hydrogen-bond donors (Lipinski definition) is 0. The Labute approximate surface area is 118 Å². The van der Waals surface area contributed by atoms with Crippen LogP contribution in [0.1, 0.15) is 29.6 Å². The van der Waals surface area contributed by atoms with Crippen LogP contribution in [0.2, 0.25) is 0 Å². The molecular weight excluding hydrogens is 258 g/mol. The molecule has 0 bridgehead atoms. The maximum Gasteiger partial charge on any atom is 0.328 e. The largest absolute Gasteiger partial charge is 0.497 e. The highest BCUT2D eigenvalue weighted by Gasteiger charge is 2.33. The smallest absolute Gasteiger partial charge is 0.328 e. The van der Waals surface area contributed by atoms with E-state index in [0.29, 0.717) is 24.3 Å². The van der Waals surface area contributed by atoms with Crippen molar-refractivity contribution in [3.05, 3.63) is 29.8 Å². The Kier molecular flexibility index (Phi) is 4.61. The van der Waals surface area contributed by atoms with Gasteiger partial charge >= 0.3 is 5.97 Å². The summed E-state index contributed by atoms with van der Waals surface area (Å²) in [6.45, 7) is 0.579. The predicted molar refractivity (Wildman–Crippen MR) is 73.7 cm³/mol. The average molecular weight is 277 g/mol. The van der Waals surface area contributed by atoms with Crippen molar-refractivity contribution in [3.8, 4) is 5.75 Å². The van der Waals surface area contributed by atoms with Crippen molar-refractivity contribution in [1.29, 1.82) is 0 Å². The maximum absolute atomic E-state index is 12.6. The number of benzene rings is 1. The van der Waals surface area contributed by atoms with Gasteiger partial charge in [0.25, 0.3) is 5.91 Å². The van der Waals surface area contributed by atoms with E-state index >= 15 is 0 Å². The van der Waals surface area contributed by atoms with Crippen molar-refractivity contribution < 1.29 is 19.1 Å². The summed E-state index contributed by atoms with van der Waals surface area (Å²) in [5.74, 6) is 0.127. The van der Waals surface area contributed by atoms with E-state index in [1.54, 1.807) is 36.3 Å². The summed E-state index contributed by atoms with van der Waals surface area (Å²) in [4.78, 5) is 26.0. The Morgan fingerprint density at radius 3 is 2.75 bits per heavy atom. The molecule has 0 N–H and O–H groups in total. The summed E-state index contributed by atoms with van der Waals surface area (Å²) in [7, 11) is 2.91. The number of methoxy groups -OCH3 is 2. The van der Waals surface area contributed by atoms with Gasteiger partial charge in [-0.15, -0.1) is 0 Å². The van der Waals surface area contributed by atoms with Gasteiger partial charge in [0.15, 0.2) is 0 Å². The van der Waals surface area contributed by atoms with Crippen LogP contribution in [0.4, 0.5) is 0 Å². The Bertz CT molecular complexity index is 500. The van der Waals surface area contributed by atoms with Gasteiger partial charge in [-0.1, -0.05) is 6.07 Å². The summed E-state index contributed by atoms with van der Waals surface area (Å²) in [6, 6.07) is 6.49. The first-order valence-corrected chi connectivity index (χ1v) is 6.70. The van der Waals surface area contributed by atoms with Gasteiger partial charge in [-0.3, -0.25) is 4.79 Å². The van der Waals surface area contributed by atoms with E-state index in [4.69, 9.17) is 9.47 Å². The summed E-state index contributed by atoms with van der Waals surface area (Å²) >= 11 is 0. The van der Waals surface area contributed by atoms with Crippen LogP contribution in [0.15, 0.2) is 24.3 Å². The van der Waals surface area contributed by atoms with Crippen LogP contribution in [-0.2, 0) is 9.53 Å². The molecule has 1 heterocycles. The van der Waals surface area contributed by atoms with Gasteiger partial charge < -0.3 is 14.4 Å². The lowest BCUT2D eigenvalue weighted by Gasteiger charge is -2.33. The molecule has 0 radical (unpaired) electrons. The lowest BCUT2D eigenvalue weighted by Crippen LogP contribution is -2.48. The highest BCUT2D eigenvalue weighted by Crippen LogP contribution is 2.22. The van der Waals surface area contributed by atoms with E-state index in [2.05, 4.69) is 0 Å².